The van der Waals surface area contributed by atoms with Gasteiger partial charge in [-0.05, 0) is 6.42 Å². The van der Waals surface area contributed by atoms with Crippen LogP contribution in [0.2, 0.25) is 0 Å². The predicted octanol–water partition coefficient (Wildman–Crippen LogP) is 5.96. The Morgan fingerprint density at radius 2 is 1.50 bits per heavy atom. The number of fused-ring (bicyclic) bond motifs is 2. The molecule has 0 aliphatic carbocycles. The zero-order valence-electron chi connectivity index (χ0n) is 19.1. The average Bonchev–Trinajstić information content (AvgIpc) is 2.98. The number of nitriles is 3. The van der Waals surface area contributed by atoms with Gasteiger partial charge in [-0.2, -0.15) is 15.8 Å². The van der Waals surface area contributed by atoms with Crippen molar-refractivity contribution in [1.82, 2.24) is 0 Å². The van der Waals surface area contributed by atoms with Crippen LogP contribution in [0.1, 0.15) is 77.2 Å². The Balaban J connectivity index is 1.87. The van der Waals surface area contributed by atoms with Crippen molar-refractivity contribution in [2.45, 2.75) is 83.5 Å². The van der Waals surface area contributed by atoms with E-state index in [-0.39, 0.29) is 5.90 Å². The minimum absolute atomic E-state index is 0.349. The highest BCUT2D eigenvalue weighted by Crippen LogP contribution is 2.66. The van der Waals surface area contributed by atoms with Crippen LogP contribution in [0.15, 0.2) is 30.3 Å². The van der Waals surface area contributed by atoms with E-state index in [9.17, 15) is 15.8 Å². The quantitative estimate of drug-likeness (QED) is 0.458. The molecule has 0 spiro atoms. The van der Waals surface area contributed by atoms with Crippen LogP contribution in [0.25, 0.3) is 0 Å². The lowest BCUT2D eigenvalue weighted by Gasteiger charge is -2.48. The maximum Gasteiger partial charge on any atom is 0.243 e. The van der Waals surface area contributed by atoms with Crippen LogP contribution in [0, 0.1) is 56.2 Å². The number of nitrogens with one attached hydrogen (secondary N) is 1. The molecule has 1 aromatic rings. The second-order valence-corrected chi connectivity index (χ2v) is 9.01. The molecule has 0 radical (unpaired) electrons. The normalized spacial score (nSPS) is 30.0. The van der Waals surface area contributed by atoms with Crippen molar-refractivity contribution in [3.8, 4) is 18.2 Å². The molecule has 2 saturated heterocycles. The van der Waals surface area contributed by atoms with Crippen molar-refractivity contribution >= 4 is 5.90 Å². The highest BCUT2D eigenvalue weighted by Gasteiger charge is 2.79. The van der Waals surface area contributed by atoms with E-state index in [2.05, 4.69) is 25.1 Å². The highest BCUT2D eigenvalue weighted by molar-refractivity contribution is 5.89. The molecule has 6 heteroatoms. The molecule has 2 aliphatic heterocycles. The monoisotopic (exact) mass is 432 g/mol. The molecule has 1 N–H and O–H groups in total. The number of rotatable bonds is 10. The van der Waals surface area contributed by atoms with Gasteiger partial charge in [0.2, 0.25) is 11.7 Å². The van der Waals surface area contributed by atoms with Crippen LogP contribution in [-0.2, 0) is 15.3 Å². The van der Waals surface area contributed by atoms with Crippen LogP contribution in [0.4, 0.5) is 0 Å². The van der Waals surface area contributed by atoms with E-state index in [1.165, 1.54) is 32.1 Å². The second kappa shape index (κ2) is 9.72. The van der Waals surface area contributed by atoms with Crippen LogP contribution in [-0.4, -0.2) is 12.0 Å². The summed E-state index contributed by atoms with van der Waals surface area (Å²) in [6, 6.07) is 15.7. The van der Waals surface area contributed by atoms with Gasteiger partial charge in [0.05, 0.1) is 30.2 Å². The summed E-state index contributed by atoms with van der Waals surface area (Å²) in [5.74, 6) is -2.39. The standard InChI is InChI=1S/C26H32N4O2/c1-3-4-5-6-7-8-9-13-16-22-24(17-27,18-28)25(19-29)20(2)26(31-22,32-23(25)30)21-14-11-10-12-15-21/h10-12,14-15,20,22,30H,3-9,13,16H2,1-2H3. The number of hydrogen-bond acceptors (Lipinski definition) is 6. The summed E-state index contributed by atoms with van der Waals surface area (Å²) in [5, 5.41) is 39.2. The molecule has 2 heterocycles. The van der Waals surface area contributed by atoms with Crippen molar-refractivity contribution < 1.29 is 9.47 Å². The third-order valence-electron chi connectivity index (χ3n) is 7.28. The lowest BCUT2D eigenvalue weighted by atomic mass is 9.53. The smallest absolute Gasteiger partial charge is 0.243 e. The van der Waals surface area contributed by atoms with Gasteiger partial charge >= 0.3 is 0 Å². The van der Waals surface area contributed by atoms with Gasteiger partial charge in [0.1, 0.15) is 0 Å². The molecule has 6 nitrogen and oxygen atoms in total. The lowest BCUT2D eigenvalue weighted by molar-refractivity contribution is -0.286. The molecular weight excluding hydrogens is 400 g/mol. The number of nitrogens with zero attached hydrogens (tertiary/aromatic N) is 3. The fourth-order valence-electron chi connectivity index (χ4n) is 5.37. The third kappa shape index (κ3) is 3.46. The van der Waals surface area contributed by atoms with Gasteiger partial charge in [-0.3, -0.25) is 5.41 Å². The molecule has 2 aliphatic rings. The largest absolute Gasteiger partial charge is 0.443 e. The summed E-state index contributed by atoms with van der Waals surface area (Å²) in [6.45, 7) is 3.95. The van der Waals surface area contributed by atoms with Gasteiger partial charge in [-0.25, -0.2) is 0 Å². The fourth-order valence-corrected chi connectivity index (χ4v) is 5.37. The Morgan fingerprint density at radius 1 is 0.906 bits per heavy atom. The zero-order chi connectivity index (χ0) is 23.2. The summed E-state index contributed by atoms with van der Waals surface area (Å²) in [6.07, 6.45) is 8.66. The van der Waals surface area contributed by atoms with E-state index < -0.39 is 28.6 Å². The van der Waals surface area contributed by atoms with Crippen molar-refractivity contribution in [1.29, 1.82) is 21.2 Å². The first kappa shape index (κ1) is 23.8. The molecule has 0 saturated carbocycles. The second-order valence-electron chi connectivity index (χ2n) is 9.01. The third-order valence-corrected chi connectivity index (χ3v) is 7.28. The molecule has 3 rings (SSSR count). The van der Waals surface area contributed by atoms with Gasteiger partial charge in [0, 0.05) is 5.56 Å². The van der Waals surface area contributed by atoms with Gasteiger partial charge in [-0.1, -0.05) is 95.5 Å². The van der Waals surface area contributed by atoms with Gasteiger partial charge < -0.3 is 9.47 Å². The summed E-state index contributed by atoms with van der Waals surface area (Å²) in [5.41, 5.74) is -2.79. The molecular formula is C26H32N4O2. The molecule has 4 atom stereocenters. The number of unbranched alkanes of at least 4 members (excludes halogenated alkanes) is 7. The molecule has 2 fully saturated rings. The van der Waals surface area contributed by atoms with Gasteiger partial charge in [0.25, 0.3) is 0 Å². The van der Waals surface area contributed by atoms with Gasteiger partial charge in [-0.15, -0.1) is 0 Å². The van der Waals surface area contributed by atoms with E-state index in [0.29, 0.717) is 12.0 Å². The van der Waals surface area contributed by atoms with Crippen LogP contribution >= 0.6 is 0 Å². The number of benzene rings is 1. The maximum absolute atomic E-state index is 10.3. The Bertz CT molecular complexity index is 927. The van der Waals surface area contributed by atoms with Gasteiger partial charge in [0.15, 0.2) is 10.8 Å². The summed E-state index contributed by atoms with van der Waals surface area (Å²) in [4.78, 5) is 0. The van der Waals surface area contributed by atoms with Crippen molar-refractivity contribution in [2.24, 2.45) is 16.7 Å². The molecule has 4 unspecified atom stereocenters. The van der Waals surface area contributed by atoms with Crippen LogP contribution in [0.5, 0.6) is 0 Å². The zero-order valence-corrected chi connectivity index (χ0v) is 19.1. The first-order valence-electron chi connectivity index (χ1n) is 11.7. The van der Waals surface area contributed by atoms with E-state index >= 15 is 0 Å². The minimum Gasteiger partial charge on any atom is -0.443 e. The van der Waals surface area contributed by atoms with Crippen LogP contribution < -0.4 is 0 Å². The Hall–Kier alpha value is -2.88. The summed E-state index contributed by atoms with van der Waals surface area (Å²) in [7, 11) is 0. The highest BCUT2D eigenvalue weighted by atomic mass is 16.7. The molecule has 0 amide bonds. The Kier molecular flexibility index (Phi) is 7.22. The Morgan fingerprint density at radius 3 is 2.06 bits per heavy atom. The number of hydrogen-bond donors (Lipinski definition) is 1. The first-order valence-corrected chi connectivity index (χ1v) is 11.7. The molecule has 0 aromatic heterocycles. The molecule has 1 aromatic carbocycles. The van der Waals surface area contributed by atoms with Crippen molar-refractivity contribution in [2.75, 3.05) is 0 Å². The topological polar surface area (TPSA) is 114 Å². The van der Waals surface area contributed by atoms with E-state index in [1.54, 1.807) is 6.92 Å². The van der Waals surface area contributed by atoms with E-state index in [4.69, 9.17) is 14.9 Å². The van der Waals surface area contributed by atoms with Crippen molar-refractivity contribution in [3.05, 3.63) is 35.9 Å². The minimum atomic E-state index is -1.80. The van der Waals surface area contributed by atoms with Crippen molar-refractivity contribution in [3.63, 3.8) is 0 Å². The Labute approximate surface area is 191 Å². The lowest BCUT2D eigenvalue weighted by Crippen LogP contribution is -2.60. The summed E-state index contributed by atoms with van der Waals surface area (Å²) < 4.78 is 12.4. The molecule has 32 heavy (non-hydrogen) atoms. The van der Waals surface area contributed by atoms with E-state index in [0.717, 1.165) is 19.3 Å². The fraction of sp³-hybridized carbons (Fsp3) is 0.615. The van der Waals surface area contributed by atoms with E-state index in [1.807, 2.05) is 30.3 Å². The SMILES string of the molecule is CCCCCCCCCCC1OC2(c3ccccc3)OC(=N)C(C#N)(C2C)C1(C#N)C#N. The van der Waals surface area contributed by atoms with Crippen LogP contribution in [0.3, 0.4) is 0 Å². The maximum atomic E-state index is 10.3. The molecule has 168 valence electrons. The predicted molar refractivity (Wildman–Crippen MR) is 120 cm³/mol. The molecule has 2 bridgehead atoms. The first-order chi connectivity index (χ1) is 15.5. The summed E-state index contributed by atoms with van der Waals surface area (Å²) >= 11 is 0. The average molecular weight is 433 g/mol. The number of ether oxygens (including phenoxy) is 2.